The van der Waals surface area contributed by atoms with E-state index in [1.165, 1.54) is 11.3 Å². The molecular formula is C22H30ClN3O3. The number of carbonyl (C=O) groups is 3. The predicted molar refractivity (Wildman–Crippen MR) is 114 cm³/mol. The molecule has 4 rings (SSSR count). The predicted octanol–water partition coefficient (Wildman–Crippen LogP) is 3.11. The average molecular weight is 420 g/mol. The molecule has 1 unspecified atom stereocenters. The minimum Gasteiger partial charge on any atom is -0.338 e. The second-order valence-electron chi connectivity index (χ2n) is 8.35. The highest BCUT2D eigenvalue weighted by atomic mass is 35.5. The van der Waals surface area contributed by atoms with Gasteiger partial charge in [-0.15, -0.1) is 12.4 Å². The van der Waals surface area contributed by atoms with Crippen molar-refractivity contribution in [3.05, 3.63) is 34.9 Å². The van der Waals surface area contributed by atoms with Crippen LogP contribution in [0.4, 0.5) is 0 Å². The Balaban J connectivity index is 0.00000240. The lowest BCUT2D eigenvalue weighted by Gasteiger charge is -2.32. The maximum absolute atomic E-state index is 13.0. The third-order valence-corrected chi connectivity index (χ3v) is 6.40. The van der Waals surface area contributed by atoms with Gasteiger partial charge in [-0.25, -0.2) is 0 Å². The number of benzene rings is 1. The van der Waals surface area contributed by atoms with E-state index in [1.807, 2.05) is 11.9 Å². The number of carbonyl (C=O) groups excluding carboxylic acids is 3. The highest BCUT2D eigenvalue weighted by Gasteiger charge is 2.40. The van der Waals surface area contributed by atoms with Gasteiger partial charge in [-0.05, 0) is 63.4 Å². The van der Waals surface area contributed by atoms with E-state index >= 15 is 0 Å². The van der Waals surface area contributed by atoms with Crippen LogP contribution >= 0.6 is 12.4 Å². The van der Waals surface area contributed by atoms with Gasteiger partial charge < -0.3 is 10.2 Å². The lowest BCUT2D eigenvalue weighted by molar-refractivity contribution is 0.0548. The SMILES string of the molecule is CNCC1CCCN(C(=O)c2ccc3c(c2)C(=O)N(C2CCCCC2)C3=O)C1.Cl. The maximum atomic E-state index is 13.0. The first-order chi connectivity index (χ1) is 13.6. The molecule has 0 spiro atoms. The summed E-state index contributed by atoms with van der Waals surface area (Å²) in [5.74, 6) is -0.00620. The molecule has 0 radical (unpaired) electrons. The van der Waals surface area contributed by atoms with Gasteiger partial charge in [-0.3, -0.25) is 19.3 Å². The Labute approximate surface area is 178 Å². The first-order valence-corrected chi connectivity index (χ1v) is 10.6. The third kappa shape index (κ3) is 4.19. The number of amides is 3. The Morgan fingerprint density at radius 2 is 1.76 bits per heavy atom. The van der Waals surface area contributed by atoms with E-state index in [9.17, 15) is 14.4 Å². The van der Waals surface area contributed by atoms with E-state index in [0.717, 1.165) is 58.2 Å². The fraction of sp³-hybridized carbons (Fsp3) is 0.591. The van der Waals surface area contributed by atoms with E-state index in [0.29, 0.717) is 22.6 Å². The summed E-state index contributed by atoms with van der Waals surface area (Å²) in [5, 5.41) is 3.19. The number of hydrogen-bond acceptors (Lipinski definition) is 4. The van der Waals surface area contributed by atoms with Gasteiger partial charge in [0, 0.05) is 24.7 Å². The minimum absolute atomic E-state index is 0. The zero-order valence-corrected chi connectivity index (χ0v) is 17.8. The number of likely N-dealkylation sites (tertiary alicyclic amines) is 1. The van der Waals surface area contributed by atoms with E-state index in [2.05, 4.69) is 5.32 Å². The molecule has 1 N–H and O–H groups in total. The van der Waals surface area contributed by atoms with Crippen molar-refractivity contribution in [3.63, 3.8) is 0 Å². The molecule has 6 nitrogen and oxygen atoms in total. The second-order valence-corrected chi connectivity index (χ2v) is 8.35. The molecule has 29 heavy (non-hydrogen) atoms. The zero-order chi connectivity index (χ0) is 19.7. The number of nitrogens with one attached hydrogen (secondary N) is 1. The van der Waals surface area contributed by atoms with Gasteiger partial charge in [-0.2, -0.15) is 0 Å². The van der Waals surface area contributed by atoms with Crippen LogP contribution in [0.1, 0.15) is 76.0 Å². The minimum atomic E-state index is -0.228. The Morgan fingerprint density at radius 1 is 1.03 bits per heavy atom. The van der Waals surface area contributed by atoms with Gasteiger partial charge in [0.1, 0.15) is 0 Å². The van der Waals surface area contributed by atoms with Crippen molar-refractivity contribution in [1.29, 1.82) is 0 Å². The summed E-state index contributed by atoms with van der Waals surface area (Å²) < 4.78 is 0. The molecule has 2 fully saturated rings. The summed E-state index contributed by atoms with van der Waals surface area (Å²) in [7, 11) is 1.93. The van der Waals surface area contributed by atoms with Crippen LogP contribution in [0.25, 0.3) is 0 Å². The quantitative estimate of drug-likeness (QED) is 0.761. The van der Waals surface area contributed by atoms with Crippen molar-refractivity contribution in [2.75, 3.05) is 26.7 Å². The normalized spacial score (nSPS) is 22.4. The number of fused-ring (bicyclic) bond motifs is 1. The van der Waals surface area contributed by atoms with Crippen LogP contribution in [-0.2, 0) is 0 Å². The molecular weight excluding hydrogens is 390 g/mol. The summed E-state index contributed by atoms with van der Waals surface area (Å²) in [5.41, 5.74) is 1.35. The number of rotatable bonds is 4. The van der Waals surface area contributed by atoms with Crippen LogP contribution in [-0.4, -0.2) is 60.2 Å². The highest BCUT2D eigenvalue weighted by Crippen LogP contribution is 2.32. The van der Waals surface area contributed by atoms with Gasteiger partial charge in [0.25, 0.3) is 17.7 Å². The number of piperidine rings is 1. The number of halogens is 1. The molecule has 7 heteroatoms. The van der Waals surface area contributed by atoms with Gasteiger partial charge in [0.15, 0.2) is 0 Å². The van der Waals surface area contributed by atoms with E-state index in [-0.39, 0.29) is 36.2 Å². The summed E-state index contributed by atoms with van der Waals surface area (Å²) in [6.07, 6.45) is 7.18. The summed E-state index contributed by atoms with van der Waals surface area (Å²) in [6, 6.07) is 5.02. The monoisotopic (exact) mass is 419 g/mol. The summed E-state index contributed by atoms with van der Waals surface area (Å²) in [4.78, 5) is 42.1. The molecule has 1 saturated heterocycles. The van der Waals surface area contributed by atoms with Crippen molar-refractivity contribution in [2.24, 2.45) is 5.92 Å². The van der Waals surface area contributed by atoms with Crippen LogP contribution in [0.2, 0.25) is 0 Å². The Bertz CT molecular complexity index is 790. The van der Waals surface area contributed by atoms with E-state index < -0.39 is 0 Å². The Hall–Kier alpha value is -1.92. The lowest BCUT2D eigenvalue weighted by atomic mass is 9.94. The van der Waals surface area contributed by atoms with Gasteiger partial charge in [0.05, 0.1) is 11.1 Å². The summed E-state index contributed by atoms with van der Waals surface area (Å²) >= 11 is 0. The molecule has 0 aromatic heterocycles. The third-order valence-electron chi connectivity index (χ3n) is 6.40. The van der Waals surface area contributed by atoms with Crippen molar-refractivity contribution in [2.45, 2.75) is 51.0 Å². The van der Waals surface area contributed by atoms with Gasteiger partial charge in [-0.1, -0.05) is 19.3 Å². The second kappa shape index (κ2) is 9.26. The van der Waals surface area contributed by atoms with Crippen molar-refractivity contribution in [3.8, 4) is 0 Å². The molecule has 158 valence electrons. The molecule has 1 aromatic rings. The van der Waals surface area contributed by atoms with Crippen molar-refractivity contribution in [1.82, 2.24) is 15.1 Å². The van der Waals surface area contributed by atoms with E-state index in [1.54, 1.807) is 18.2 Å². The number of imide groups is 1. The Kier molecular flexibility index (Phi) is 6.96. The molecule has 2 aliphatic heterocycles. The summed E-state index contributed by atoms with van der Waals surface area (Å²) in [6.45, 7) is 2.38. The van der Waals surface area contributed by atoms with Gasteiger partial charge in [0.2, 0.25) is 0 Å². The molecule has 1 aromatic carbocycles. The smallest absolute Gasteiger partial charge is 0.261 e. The Morgan fingerprint density at radius 3 is 2.48 bits per heavy atom. The average Bonchev–Trinajstić information content (AvgIpc) is 2.98. The lowest BCUT2D eigenvalue weighted by Crippen LogP contribution is -2.42. The molecule has 1 atom stereocenters. The molecule has 3 amide bonds. The standard InChI is InChI=1S/C22H29N3O3.ClH/c1-23-13-15-6-5-11-24(14-15)20(26)16-9-10-18-19(12-16)22(28)25(21(18)27)17-7-3-2-4-8-17;/h9-10,12,15,17,23H,2-8,11,13-14H2,1H3;1H. The van der Waals surface area contributed by atoms with Crippen LogP contribution < -0.4 is 5.32 Å². The van der Waals surface area contributed by atoms with Crippen molar-refractivity contribution < 1.29 is 14.4 Å². The molecule has 2 heterocycles. The van der Waals surface area contributed by atoms with Crippen LogP contribution in [0, 0.1) is 5.92 Å². The fourth-order valence-electron chi connectivity index (χ4n) is 4.95. The van der Waals surface area contributed by atoms with Crippen LogP contribution in [0.15, 0.2) is 18.2 Å². The fourth-order valence-corrected chi connectivity index (χ4v) is 4.95. The van der Waals surface area contributed by atoms with Crippen LogP contribution in [0.3, 0.4) is 0 Å². The first kappa shape index (κ1) is 21.8. The maximum Gasteiger partial charge on any atom is 0.261 e. The number of nitrogens with zero attached hydrogens (tertiary/aromatic N) is 2. The van der Waals surface area contributed by atoms with Crippen molar-refractivity contribution >= 4 is 30.1 Å². The first-order valence-electron chi connectivity index (χ1n) is 10.6. The van der Waals surface area contributed by atoms with Crippen LogP contribution in [0.5, 0.6) is 0 Å². The topological polar surface area (TPSA) is 69.7 Å². The molecule has 0 bridgehead atoms. The molecule has 1 aliphatic carbocycles. The largest absolute Gasteiger partial charge is 0.338 e. The highest BCUT2D eigenvalue weighted by molar-refractivity contribution is 6.22. The molecule has 3 aliphatic rings. The molecule has 1 saturated carbocycles. The van der Waals surface area contributed by atoms with E-state index in [4.69, 9.17) is 0 Å². The van der Waals surface area contributed by atoms with Gasteiger partial charge >= 0.3 is 0 Å². The number of hydrogen-bond donors (Lipinski definition) is 1. The zero-order valence-electron chi connectivity index (χ0n) is 17.0.